The molecule has 0 saturated heterocycles. The van der Waals surface area contributed by atoms with Gasteiger partial charge in [-0.05, 0) is 52.0 Å². The van der Waals surface area contributed by atoms with Crippen molar-refractivity contribution in [1.82, 2.24) is 9.97 Å². The van der Waals surface area contributed by atoms with Gasteiger partial charge in [0.1, 0.15) is 5.75 Å². The second-order valence-electron chi connectivity index (χ2n) is 10.5. The first-order valence-electron chi connectivity index (χ1n) is 10.6. The summed E-state index contributed by atoms with van der Waals surface area (Å²) in [6.07, 6.45) is 1.99. The number of hydrogen-bond acceptors (Lipinski definition) is 3. The quantitative estimate of drug-likeness (QED) is 0.272. The zero-order chi connectivity index (χ0) is 21.4. The van der Waals surface area contributed by atoms with Crippen LogP contribution in [0.2, 0.25) is 0 Å². The predicted molar refractivity (Wildman–Crippen MR) is 125 cm³/mol. The van der Waals surface area contributed by atoms with E-state index < -0.39 is 0 Å². The molecule has 0 N–H and O–H groups in total. The number of rotatable bonds is 0. The SMILES string of the molecule is Cc1cnc2c3c(ccc(C(C)(C)C)c13)Oc1nc3c(C(C)(C)C)cccc3cc1-2. The van der Waals surface area contributed by atoms with Crippen molar-refractivity contribution in [3.63, 3.8) is 0 Å². The van der Waals surface area contributed by atoms with E-state index in [9.17, 15) is 0 Å². The molecular formula is C27H28N2O. The second-order valence-corrected chi connectivity index (χ2v) is 10.5. The Kier molecular flexibility index (Phi) is 3.83. The standard InChI is InChI=1S/C27H28N2O/c1-15-14-28-24-17-13-16-9-8-10-19(27(5,6)7)23(16)29-25(17)30-20-12-11-18(26(2,3)4)21(15)22(20)24/h8-14H,1-7H3. The molecule has 0 saturated carbocycles. The van der Waals surface area contributed by atoms with Gasteiger partial charge in [-0.25, -0.2) is 4.98 Å². The fourth-order valence-corrected chi connectivity index (χ4v) is 4.57. The third-order valence-electron chi connectivity index (χ3n) is 6.07. The van der Waals surface area contributed by atoms with Gasteiger partial charge in [0.15, 0.2) is 0 Å². The second kappa shape index (κ2) is 6.04. The van der Waals surface area contributed by atoms with Crippen molar-refractivity contribution in [2.24, 2.45) is 0 Å². The largest absolute Gasteiger partial charge is 0.438 e. The van der Waals surface area contributed by atoms with Crippen LogP contribution in [0.4, 0.5) is 0 Å². The predicted octanol–water partition coefficient (Wildman–Crippen LogP) is 7.46. The van der Waals surface area contributed by atoms with Crippen molar-refractivity contribution in [1.29, 1.82) is 0 Å². The molecule has 0 spiro atoms. The minimum atomic E-state index is 0.00427. The summed E-state index contributed by atoms with van der Waals surface area (Å²) < 4.78 is 6.40. The normalized spacial score (nSPS) is 13.4. The van der Waals surface area contributed by atoms with Crippen LogP contribution in [0.1, 0.15) is 58.2 Å². The molecule has 2 aromatic carbocycles. The number of ether oxygens (including phenoxy) is 1. The lowest BCUT2D eigenvalue weighted by atomic mass is 9.81. The highest BCUT2D eigenvalue weighted by Crippen LogP contribution is 2.48. The smallest absolute Gasteiger partial charge is 0.229 e. The molecule has 4 aromatic rings. The van der Waals surface area contributed by atoms with Crippen LogP contribution in [0.15, 0.2) is 42.6 Å². The van der Waals surface area contributed by atoms with Crippen molar-refractivity contribution < 1.29 is 4.74 Å². The molecule has 0 amide bonds. The Bertz CT molecular complexity index is 1340. The Morgan fingerprint density at radius 2 is 1.57 bits per heavy atom. The van der Waals surface area contributed by atoms with Gasteiger partial charge in [-0.1, -0.05) is 65.8 Å². The fraction of sp³-hybridized carbons (Fsp3) is 0.333. The van der Waals surface area contributed by atoms with E-state index in [1.165, 1.54) is 22.1 Å². The van der Waals surface area contributed by atoms with Crippen molar-refractivity contribution >= 4 is 21.7 Å². The zero-order valence-electron chi connectivity index (χ0n) is 18.8. The van der Waals surface area contributed by atoms with E-state index in [0.29, 0.717) is 5.88 Å². The Morgan fingerprint density at radius 1 is 0.833 bits per heavy atom. The Morgan fingerprint density at radius 3 is 2.27 bits per heavy atom. The maximum atomic E-state index is 6.40. The van der Waals surface area contributed by atoms with Crippen molar-refractivity contribution in [3.05, 3.63) is 59.3 Å². The number of hydrogen-bond donors (Lipinski definition) is 0. The van der Waals surface area contributed by atoms with E-state index >= 15 is 0 Å². The van der Waals surface area contributed by atoms with Crippen LogP contribution in [0, 0.1) is 6.92 Å². The highest BCUT2D eigenvalue weighted by molar-refractivity contribution is 6.06. The Hall–Kier alpha value is -2.94. The minimum absolute atomic E-state index is 0.00427. The monoisotopic (exact) mass is 396 g/mol. The molecule has 0 atom stereocenters. The lowest BCUT2D eigenvalue weighted by Crippen LogP contribution is -2.14. The zero-order valence-corrected chi connectivity index (χ0v) is 18.8. The molecule has 0 radical (unpaired) electrons. The molecule has 30 heavy (non-hydrogen) atoms. The highest BCUT2D eigenvalue weighted by Gasteiger charge is 2.28. The number of para-hydroxylation sites is 1. The van der Waals surface area contributed by atoms with Gasteiger partial charge >= 0.3 is 0 Å². The van der Waals surface area contributed by atoms with Crippen molar-refractivity contribution in [3.8, 4) is 22.9 Å². The maximum absolute atomic E-state index is 6.40. The average molecular weight is 397 g/mol. The van der Waals surface area contributed by atoms with E-state index in [1.807, 2.05) is 6.20 Å². The molecule has 3 heterocycles. The molecule has 2 aromatic heterocycles. The first-order chi connectivity index (χ1) is 14.1. The minimum Gasteiger partial charge on any atom is -0.438 e. The highest BCUT2D eigenvalue weighted by atomic mass is 16.5. The average Bonchev–Trinajstić information content (AvgIpc) is 2.66. The summed E-state index contributed by atoms with van der Waals surface area (Å²) in [7, 11) is 0. The molecular weight excluding hydrogens is 368 g/mol. The van der Waals surface area contributed by atoms with Crippen molar-refractivity contribution in [2.45, 2.75) is 59.3 Å². The van der Waals surface area contributed by atoms with Crippen LogP contribution >= 0.6 is 0 Å². The molecule has 1 aliphatic heterocycles. The van der Waals surface area contributed by atoms with E-state index in [0.717, 1.165) is 33.3 Å². The lowest BCUT2D eigenvalue weighted by molar-refractivity contribution is 0.467. The summed E-state index contributed by atoms with van der Waals surface area (Å²) in [6, 6.07) is 12.9. The van der Waals surface area contributed by atoms with Gasteiger partial charge in [-0.15, -0.1) is 0 Å². The van der Waals surface area contributed by atoms with Crippen LogP contribution in [-0.4, -0.2) is 9.97 Å². The molecule has 3 nitrogen and oxygen atoms in total. The molecule has 5 rings (SSSR count). The summed E-state index contributed by atoms with van der Waals surface area (Å²) >= 11 is 0. The first kappa shape index (κ1) is 19.0. The van der Waals surface area contributed by atoms with E-state index in [4.69, 9.17) is 14.7 Å². The number of nitrogens with zero attached hydrogens (tertiary/aromatic N) is 2. The summed E-state index contributed by atoms with van der Waals surface area (Å²) in [5.74, 6) is 1.49. The van der Waals surface area contributed by atoms with Gasteiger partial charge in [-0.2, -0.15) is 0 Å². The first-order valence-corrected chi connectivity index (χ1v) is 10.6. The molecule has 152 valence electrons. The van der Waals surface area contributed by atoms with E-state index in [2.05, 4.69) is 84.9 Å². The van der Waals surface area contributed by atoms with Crippen molar-refractivity contribution in [2.75, 3.05) is 0 Å². The van der Waals surface area contributed by atoms with Crippen LogP contribution in [-0.2, 0) is 10.8 Å². The summed E-state index contributed by atoms with van der Waals surface area (Å²) in [6.45, 7) is 15.6. The van der Waals surface area contributed by atoms with Gasteiger partial charge in [0, 0.05) is 11.6 Å². The molecule has 0 unspecified atom stereocenters. The van der Waals surface area contributed by atoms with Crippen LogP contribution < -0.4 is 4.74 Å². The van der Waals surface area contributed by atoms with E-state index in [-0.39, 0.29) is 10.8 Å². The van der Waals surface area contributed by atoms with Crippen LogP contribution in [0.25, 0.3) is 32.9 Å². The molecule has 0 aliphatic carbocycles. The Balaban J connectivity index is 1.87. The third kappa shape index (κ3) is 2.72. The molecule has 1 aliphatic rings. The third-order valence-corrected chi connectivity index (χ3v) is 6.07. The topological polar surface area (TPSA) is 35.0 Å². The molecule has 0 bridgehead atoms. The van der Waals surface area contributed by atoms with Crippen LogP contribution in [0.5, 0.6) is 11.6 Å². The van der Waals surface area contributed by atoms with E-state index in [1.54, 1.807) is 0 Å². The number of benzene rings is 2. The van der Waals surface area contributed by atoms with Gasteiger partial charge in [0.2, 0.25) is 5.88 Å². The number of fused-ring (bicyclic) bond motifs is 3. The number of aryl methyl sites for hydroxylation is 1. The summed E-state index contributed by atoms with van der Waals surface area (Å²) in [5.41, 5.74) is 6.69. The van der Waals surface area contributed by atoms with Crippen LogP contribution in [0.3, 0.4) is 0 Å². The fourth-order valence-electron chi connectivity index (χ4n) is 4.57. The van der Waals surface area contributed by atoms with Gasteiger partial charge in [0.05, 0.1) is 22.2 Å². The number of aromatic nitrogens is 2. The Labute approximate surface area is 178 Å². The lowest BCUT2D eigenvalue weighted by Gasteiger charge is -2.27. The molecule has 3 heteroatoms. The summed E-state index contributed by atoms with van der Waals surface area (Å²) in [4.78, 5) is 9.86. The summed E-state index contributed by atoms with van der Waals surface area (Å²) in [5, 5.41) is 3.47. The van der Waals surface area contributed by atoms with Gasteiger partial charge < -0.3 is 4.74 Å². The molecule has 0 fully saturated rings. The maximum Gasteiger partial charge on any atom is 0.229 e. The van der Waals surface area contributed by atoms with Gasteiger partial charge in [-0.3, -0.25) is 4.98 Å². The number of pyridine rings is 2. The van der Waals surface area contributed by atoms with Gasteiger partial charge in [0.25, 0.3) is 0 Å².